The van der Waals surface area contributed by atoms with E-state index in [9.17, 15) is 4.39 Å². The molecule has 15 heavy (non-hydrogen) atoms. The molecule has 1 aromatic heterocycles. The van der Waals surface area contributed by atoms with Crippen LogP contribution >= 0.6 is 0 Å². The van der Waals surface area contributed by atoms with E-state index >= 15 is 0 Å². The van der Waals surface area contributed by atoms with Crippen LogP contribution in [0.5, 0.6) is 0 Å². The molecule has 0 amide bonds. The van der Waals surface area contributed by atoms with Crippen molar-refractivity contribution in [2.75, 3.05) is 5.32 Å². The second-order valence-electron chi connectivity index (χ2n) is 4.36. The van der Waals surface area contributed by atoms with Crippen LogP contribution in [0.4, 0.5) is 10.2 Å². The molecule has 3 heteroatoms. The zero-order valence-corrected chi connectivity index (χ0v) is 9.63. The molecule has 0 aliphatic heterocycles. The van der Waals surface area contributed by atoms with Gasteiger partial charge >= 0.3 is 0 Å². The second-order valence-corrected chi connectivity index (χ2v) is 4.36. The number of aromatic nitrogens is 1. The van der Waals surface area contributed by atoms with Crippen LogP contribution in [0, 0.1) is 11.9 Å². The van der Waals surface area contributed by atoms with E-state index in [2.05, 4.69) is 31.1 Å². The Hall–Kier alpha value is -1.12. The van der Waals surface area contributed by atoms with Crippen molar-refractivity contribution in [1.29, 1.82) is 0 Å². The molecule has 0 saturated heterocycles. The minimum atomic E-state index is -0.434. The zero-order chi connectivity index (χ0) is 11.3. The molecule has 1 heterocycles. The number of halogens is 1. The molecule has 0 bridgehead atoms. The van der Waals surface area contributed by atoms with Gasteiger partial charge in [0.2, 0.25) is 5.95 Å². The molecule has 0 radical (unpaired) electrons. The van der Waals surface area contributed by atoms with Crippen LogP contribution in [0.1, 0.15) is 33.6 Å². The average Bonchev–Trinajstić information content (AvgIpc) is 2.15. The Morgan fingerprint density at radius 2 is 2.00 bits per heavy atom. The molecular formula is C12H19FN2. The third-order valence-corrected chi connectivity index (χ3v) is 2.29. The summed E-state index contributed by atoms with van der Waals surface area (Å²) in [6.07, 6.45) is 2.25. The fourth-order valence-corrected chi connectivity index (χ4v) is 1.40. The van der Waals surface area contributed by atoms with Gasteiger partial charge in [-0.25, -0.2) is 4.98 Å². The van der Waals surface area contributed by atoms with Crippen molar-refractivity contribution in [3.63, 3.8) is 0 Å². The van der Waals surface area contributed by atoms with Crippen molar-refractivity contribution < 1.29 is 4.39 Å². The van der Waals surface area contributed by atoms with Crippen molar-refractivity contribution in [2.24, 2.45) is 5.92 Å². The summed E-state index contributed by atoms with van der Waals surface area (Å²) in [5.74, 6) is 0.886. The third kappa shape index (κ3) is 4.77. The molecule has 1 rings (SSSR count). The standard InChI is InChI=1S/C12H19FN2/c1-9(2)7-8-10(3)14-12-6-4-5-11(13)15-12/h4-6,9-10H,7-8H2,1-3H3,(H,14,15). The van der Waals surface area contributed by atoms with Gasteiger partial charge in [-0.1, -0.05) is 19.9 Å². The van der Waals surface area contributed by atoms with E-state index in [1.54, 1.807) is 12.1 Å². The van der Waals surface area contributed by atoms with E-state index in [0.29, 0.717) is 17.8 Å². The molecule has 1 aromatic rings. The predicted molar refractivity (Wildman–Crippen MR) is 61.4 cm³/mol. The van der Waals surface area contributed by atoms with Crippen LogP contribution < -0.4 is 5.32 Å². The average molecular weight is 210 g/mol. The van der Waals surface area contributed by atoms with Crippen molar-refractivity contribution in [1.82, 2.24) is 4.98 Å². The highest BCUT2D eigenvalue weighted by molar-refractivity contribution is 5.34. The lowest BCUT2D eigenvalue weighted by Crippen LogP contribution is -2.16. The van der Waals surface area contributed by atoms with Crippen molar-refractivity contribution in [2.45, 2.75) is 39.7 Å². The number of nitrogens with zero attached hydrogens (tertiary/aromatic N) is 1. The Labute approximate surface area is 90.9 Å². The highest BCUT2D eigenvalue weighted by Gasteiger charge is 2.04. The van der Waals surface area contributed by atoms with Crippen LogP contribution in [0.2, 0.25) is 0 Å². The number of anilines is 1. The fourth-order valence-electron chi connectivity index (χ4n) is 1.40. The van der Waals surface area contributed by atoms with Crippen molar-refractivity contribution >= 4 is 5.82 Å². The lowest BCUT2D eigenvalue weighted by Gasteiger charge is -2.15. The smallest absolute Gasteiger partial charge is 0.214 e. The molecule has 1 N–H and O–H groups in total. The SMILES string of the molecule is CC(C)CCC(C)Nc1cccc(F)n1. The maximum Gasteiger partial charge on any atom is 0.214 e. The Morgan fingerprint density at radius 3 is 2.60 bits per heavy atom. The summed E-state index contributed by atoms with van der Waals surface area (Å²) >= 11 is 0. The number of nitrogens with one attached hydrogen (secondary N) is 1. The first-order valence-corrected chi connectivity index (χ1v) is 5.47. The summed E-state index contributed by atoms with van der Waals surface area (Å²) in [6.45, 7) is 6.50. The maximum atomic E-state index is 12.8. The van der Waals surface area contributed by atoms with Crippen molar-refractivity contribution in [3.05, 3.63) is 24.1 Å². The predicted octanol–water partition coefficient (Wildman–Crippen LogP) is 3.46. The molecule has 84 valence electrons. The van der Waals surface area contributed by atoms with Gasteiger partial charge in [-0.3, -0.25) is 0 Å². The Bertz CT molecular complexity index is 299. The van der Waals surface area contributed by atoms with Gasteiger partial charge in [-0.2, -0.15) is 4.39 Å². The molecule has 0 spiro atoms. The van der Waals surface area contributed by atoms with E-state index in [1.807, 2.05) is 0 Å². The Morgan fingerprint density at radius 1 is 1.27 bits per heavy atom. The first kappa shape index (κ1) is 12.0. The van der Waals surface area contributed by atoms with E-state index in [1.165, 1.54) is 12.5 Å². The van der Waals surface area contributed by atoms with Gasteiger partial charge in [0.15, 0.2) is 0 Å². The largest absolute Gasteiger partial charge is 0.368 e. The summed E-state index contributed by atoms with van der Waals surface area (Å²) < 4.78 is 12.8. The highest BCUT2D eigenvalue weighted by Crippen LogP contribution is 2.11. The summed E-state index contributed by atoms with van der Waals surface area (Å²) in [4.78, 5) is 3.76. The van der Waals surface area contributed by atoms with Gasteiger partial charge in [0.1, 0.15) is 5.82 Å². The highest BCUT2D eigenvalue weighted by atomic mass is 19.1. The first-order chi connectivity index (χ1) is 7.08. The minimum Gasteiger partial charge on any atom is -0.368 e. The van der Waals surface area contributed by atoms with Gasteiger partial charge < -0.3 is 5.32 Å². The van der Waals surface area contributed by atoms with Gasteiger partial charge in [0.05, 0.1) is 0 Å². The second kappa shape index (κ2) is 5.69. The number of hydrogen-bond donors (Lipinski definition) is 1. The molecule has 0 saturated carbocycles. The molecule has 0 aliphatic carbocycles. The van der Waals surface area contributed by atoms with Gasteiger partial charge in [-0.15, -0.1) is 0 Å². The van der Waals surface area contributed by atoms with Crippen LogP contribution in [-0.2, 0) is 0 Å². The first-order valence-electron chi connectivity index (χ1n) is 5.47. The number of pyridine rings is 1. The minimum absolute atomic E-state index is 0.335. The lowest BCUT2D eigenvalue weighted by atomic mass is 10.0. The molecular weight excluding hydrogens is 191 g/mol. The van der Waals surface area contributed by atoms with Gasteiger partial charge in [-0.05, 0) is 37.8 Å². The van der Waals surface area contributed by atoms with E-state index in [-0.39, 0.29) is 0 Å². The van der Waals surface area contributed by atoms with Crippen LogP contribution in [0.15, 0.2) is 18.2 Å². The van der Waals surface area contributed by atoms with Gasteiger partial charge in [0, 0.05) is 6.04 Å². The van der Waals surface area contributed by atoms with E-state index < -0.39 is 5.95 Å². The molecule has 1 unspecified atom stereocenters. The van der Waals surface area contributed by atoms with E-state index in [4.69, 9.17) is 0 Å². The Balaban J connectivity index is 2.40. The monoisotopic (exact) mass is 210 g/mol. The molecule has 2 nitrogen and oxygen atoms in total. The summed E-state index contributed by atoms with van der Waals surface area (Å²) in [5, 5.41) is 3.19. The summed E-state index contributed by atoms with van der Waals surface area (Å²) in [5.41, 5.74) is 0. The number of rotatable bonds is 5. The van der Waals surface area contributed by atoms with Crippen LogP contribution in [0.25, 0.3) is 0 Å². The van der Waals surface area contributed by atoms with E-state index in [0.717, 1.165) is 6.42 Å². The van der Waals surface area contributed by atoms with Gasteiger partial charge in [0.25, 0.3) is 0 Å². The van der Waals surface area contributed by atoms with Crippen LogP contribution in [-0.4, -0.2) is 11.0 Å². The quantitative estimate of drug-likeness (QED) is 0.753. The molecule has 1 atom stereocenters. The molecule has 0 aliphatic rings. The molecule has 0 aromatic carbocycles. The fraction of sp³-hybridized carbons (Fsp3) is 0.583. The summed E-state index contributed by atoms with van der Waals surface area (Å²) in [6, 6.07) is 5.14. The lowest BCUT2D eigenvalue weighted by molar-refractivity contribution is 0.525. The number of hydrogen-bond acceptors (Lipinski definition) is 2. The van der Waals surface area contributed by atoms with Crippen LogP contribution in [0.3, 0.4) is 0 Å². The summed E-state index contributed by atoms with van der Waals surface area (Å²) in [7, 11) is 0. The topological polar surface area (TPSA) is 24.9 Å². The third-order valence-electron chi connectivity index (χ3n) is 2.29. The molecule has 0 fully saturated rings. The maximum absolute atomic E-state index is 12.8. The zero-order valence-electron chi connectivity index (χ0n) is 9.63. The normalized spacial score (nSPS) is 12.9. The Kier molecular flexibility index (Phi) is 4.53. The van der Waals surface area contributed by atoms with Crippen molar-refractivity contribution in [3.8, 4) is 0 Å².